The van der Waals surface area contributed by atoms with Gasteiger partial charge in [-0.1, -0.05) is 73.9 Å². The number of nitrogens with zero attached hydrogens (tertiary/aromatic N) is 3. The summed E-state index contributed by atoms with van der Waals surface area (Å²) in [5.74, 6) is 0.249. The molecule has 11 nitrogen and oxygen atoms in total. The molecule has 1 aliphatic heterocycles. The lowest BCUT2D eigenvalue weighted by Crippen LogP contribution is -2.59. The van der Waals surface area contributed by atoms with E-state index in [9.17, 15) is 24.3 Å². The minimum absolute atomic E-state index is 0.0180. The number of likely N-dealkylation sites (tertiary alicyclic amines) is 1. The number of amides is 4. The molecule has 3 N–H and O–H groups in total. The van der Waals surface area contributed by atoms with E-state index < -0.39 is 18.2 Å². The van der Waals surface area contributed by atoms with Crippen molar-refractivity contribution in [3.63, 3.8) is 0 Å². The van der Waals surface area contributed by atoms with Crippen LogP contribution in [0.3, 0.4) is 0 Å². The molecule has 0 radical (unpaired) electrons. The average Bonchev–Trinajstić information content (AvgIpc) is 3.59. The van der Waals surface area contributed by atoms with Crippen LogP contribution in [0.5, 0.6) is 5.75 Å². The molecular weight excluding hydrogens is 691 g/mol. The van der Waals surface area contributed by atoms with Crippen molar-refractivity contribution >= 4 is 35.4 Å². The normalized spacial score (nSPS) is 18.7. The molecule has 1 heterocycles. The summed E-state index contributed by atoms with van der Waals surface area (Å²) in [5.41, 5.74) is 1.03. The lowest BCUT2D eigenvalue weighted by Gasteiger charge is -2.41. The number of methoxy groups -OCH3 is 1. The van der Waals surface area contributed by atoms with Crippen molar-refractivity contribution < 1.29 is 29.0 Å². The summed E-state index contributed by atoms with van der Waals surface area (Å²) in [5, 5.41) is 15.8. The highest BCUT2D eigenvalue weighted by Gasteiger charge is 2.43. The topological polar surface area (TPSA) is 132 Å². The zero-order valence-electron chi connectivity index (χ0n) is 34.7. The number of phenolic OH excluding ortho intramolecular Hbond substituents is 1. The molecule has 0 aliphatic carbocycles. The molecular formula is C41H71N5O6S. The summed E-state index contributed by atoms with van der Waals surface area (Å²) < 4.78 is 6.06. The predicted octanol–water partition coefficient (Wildman–Crippen LogP) is 5.20. The molecule has 302 valence electrons. The van der Waals surface area contributed by atoms with E-state index in [-0.39, 0.29) is 76.8 Å². The maximum absolute atomic E-state index is 14.2. The van der Waals surface area contributed by atoms with Gasteiger partial charge in [0.25, 0.3) is 0 Å². The van der Waals surface area contributed by atoms with Crippen molar-refractivity contribution in [1.82, 2.24) is 25.3 Å². The Labute approximate surface area is 324 Å². The van der Waals surface area contributed by atoms with Crippen LogP contribution in [0, 0.1) is 23.7 Å². The number of aryl methyl sites for hydroxylation is 1. The molecule has 53 heavy (non-hydrogen) atoms. The van der Waals surface area contributed by atoms with Gasteiger partial charge < -0.3 is 30.3 Å². The van der Waals surface area contributed by atoms with E-state index in [1.807, 2.05) is 70.6 Å². The number of hydrogen-bond donors (Lipinski definition) is 3. The largest absolute Gasteiger partial charge is 0.508 e. The molecule has 1 saturated heterocycles. The van der Waals surface area contributed by atoms with Gasteiger partial charge in [-0.25, -0.2) is 0 Å². The van der Waals surface area contributed by atoms with Gasteiger partial charge in [-0.2, -0.15) is 11.8 Å². The van der Waals surface area contributed by atoms with Crippen molar-refractivity contribution in [1.29, 1.82) is 0 Å². The van der Waals surface area contributed by atoms with Crippen molar-refractivity contribution in [3.8, 4) is 5.75 Å². The number of ether oxygens (including phenoxy) is 1. The molecule has 1 aromatic carbocycles. The standard InChI is InChI=1S/C41H71N5O6S/c1-13-28(7)37(45(11)41(51)35(26(3)4)43-40(50)36(27(5)6)44(9)10)33(52-12)25-34(48)46-23-17-21-32(46)38(53-14-2)29(8)39(49)42-22-16-19-30-18-15-20-31(47)24-30/h15,18,20,24,26-29,32-33,35-38,47H,13-14,16-17,19,21-23,25H2,1-12H3,(H,42,49)(H,43,50). The van der Waals surface area contributed by atoms with E-state index >= 15 is 0 Å². The first-order valence-corrected chi connectivity index (χ1v) is 20.8. The van der Waals surface area contributed by atoms with E-state index in [2.05, 4.69) is 31.4 Å². The molecule has 8 unspecified atom stereocenters. The van der Waals surface area contributed by atoms with Crippen molar-refractivity contribution in [2.75, 3.05) is 47.1 Å². The van der Waals surface area contributed by atoms with Crippen LogP contribution in [0.2, 0.25) is 0 Å². The van der Waals surface area contributed by atoms with E-state index in [1.165, 1.54) is 0 Å². The molecule has 1 aromatic rings. The predicted molar refractivity (Wildman–Crippen MR) is 216 cm³/mol. The van der Waals surface area contributed by atoms with E-state index in [4.69, 9.17) is 4.74 Å². The molecule has 0 spiro atoms. The van der Waals surface area contributed by atoms with Crippen LogP contribution >= 0.6 is 11.8 Å². The van der Waals surface area contributed by atoms with Gasteiger partial charge in [0.2, 0.25) is 23.6 Å². The molecule has 0 aromatic heterocycles. The highest BCUT2D eigenvalue weighted by atomic mass is 32.2. The Morgan fingerprint density at radius 3 is 2.25 bits per heavy atom. The molecule has 1 fully saturated rings. The fraction of sp³-hybridized carbons (Fsp3) is 0.756. The second-order valence-corrected chi connectivity index (χ2v) is 17.2. The van der Waals surface area contributed by atoms with E-state index in [1.54, 1.807) is 43.0 Å². The Balaban J connectivity index is 2.21. The summed E-state index contributed by atoms with van der Waals surface area (Å²) in [4.78, 5) is 60.9. The van der Waals surface area contributed by atoms with Gasteiger partial charge in [0, 0.05) is 44.5 Å². The van der Waals surface area contributed by atoms with Crippen LogP contribution in [-0.4, -0.2) is 126 Å². The first kappa shape index (κ1) is 46.3. The third-order valence-corrected chi connectivity index (χ3v) is 12.3. The highest BCUT2D eigenvalue weighted by Crippen LogP contribution is 2.34. The first-order chi connectivity index (χ1) is 25.0. The summed E-state index contributed by atoms with van der Waals surface area (Å²) >= 11 is 1.73. The summed E-state index contributed by atoms with van der Waals surface area (Å²) in [7, 11) is 7.10. The number of thioether (sulfide) groups is 1. The van der Waals surface area contributed by atoms with Gasteiger partial charge in [0.1, 0.15) is 11.8 Å². The van der Waals surface area contributed by atoms with Gasteiger partial charge in [-0.15, -0.1) is 0 Å². The van der Waals surface area contributed by atoms with Crippen LogP contribution < -0.4 is 10.6 Å². The molecule has 2 rings (SSSR count). The molecule has 4 amide bonds. The second kappa shape index (κ2) is 22.5. The SMILES string of the molecule is CCSC(C(C)C(=O)NCCCc1cccc(O)c1)C1CCCN1C(=O)CC(OC)C(C(C)CC)N(C)C(=O)C(NC(=O)C(C(C)C)N(C)C)C(C)C. The summed E-state index contributed by atoms with van der Waals surface area (Å²) in [6, 6.07) is 5.58. The fourth-order valence-corrected chi connectivity index (χ4v) is 9.18. The number of hydrogen-bond acceptors (Lipinski definition) is 8. The number of carbonyl (C=O) groups excluding carboxylic acids is 4. The van der Waals surface area contributed by atoms with Crippen LogP contribution in [-0.2, 0) is 30.3 Å². The first-order valence-electron chi connectivity index (χ1n) is 19.7. The maximum atomic E-state index is 14.2. The lowest BCUT2D eigenvalue weighted by atomic mass is 9.89. The number of aromatic hydroxyl groups is 1. The number of rotatable bonds is 22. The Morgan fingerprint density at radius 2 is 1.70 bits per heavy atom. The zero-order chi connectivity index (χ0) is 40.0. The van der Waals surface area contributed by atoms with Crippen molar-refractivity contribution in [2.45, 2.75) is 129 Å². The quantitative estimate of drug-likeness (QED) is 0.138. The third kappa shape index (κ3) is 13.2. The fourth-order valence-electron chi connectivity index (χ4n) is 7.88. The maximum Gasteiger partial charge on any atom is 0.245 e. The molecule has 12 heteroatoms. The monoisotopic (exact) mass is 762 g/mol. The number of phenols is 1. The lowest BCUT2D eigenvalue weighted by molar-refractivity contribution is -0.146. The molecule has 0 saturated carbocycles. The molecule has 1 aliphatic rings. The van der Waals surface area contributed by atoms with Crippen LogP contribution in [0.15, 0.2) is 24.3 Å². The van der Waals surface area contributed by atoms with Crippen molar-refractivity contribution in [3.05, 3.63) is 29.8 Å². The zero-order valence-corrected chi connectivity index (χ0v) is 35.5. The second-order valence-electron chi connectivity index (χ2n) is 15.8. The molecule has 0 bridgehead atoms. The third-order valence-electron chi connectivity index (χ3n) is 10.9. The van der Waals surface area contributed by atoms with Crippen LogP contribution in [0.25, 0.3) is 0 Å². The van der Waals surface area contributed by atoms with E-state index in [0.29, 0.717) is 13.1 Å². The van der Waals surface area contributed by atoms with E-state index in [0.717, 1.165) is 43.4 Å². The van der Waals surface area contributed by atoms with Gasteiger partial charge in [-0.3, -0.25) is 24.1 Å². The highest BCUT2D eigenvalue weighted by molar-refractivity contribution is 7.99. The number of carbonyl (C=O) groups is 4. The number of likely N-dealkylation sites (N-methyl/N-ethyl adjacent to an activating group) is 2. The van der Waals surface area contributed by atoms with Gasteiger partial charge in [0.05, 0.1) is 24.6 Å². The van der Waals surface area contributed by atoms with Crippen molar-refractivity contribution in [2.24, 2.45) is 23.7 Å². The Hall–Kier alpha value is -2.83. The Bertz CT molecular complexity index is 1300. The average molecular weight is 762 g/mol. The number of nitrogens with one attached hydrogen (secondary N) is 2. The smallest absolute Gasteiger partial charge is 0.245 e. The Morgan fingerprint density at radius 1 is 1.02 bits per heavy atom. The van der Waals surface area contributed by atoms with Crippen LogP contribution in [0.1, 0.15) is 93.1 Å². The molecule has 8 atom stereocenters. The summed E-state index contributed by atoms with van der Waals surface area (Å²) in [6.07, 6.45) is 3.50. The van der Waals surface area contributed by atoms with Crippen LogP contribution in [0.4, 0.5) is 0 Å². The summed E-state index contributed by atoms with van der Waals surface area (Å²) in [6.45, 7) is 17.2. The number of benzene rings is 1. The van der Waals surface area contributed by atoms with Gasteiger partial charge in [-0.05, 0) is 81.0 Å². The van der Waals surface area contributed by atoms with Gasteiger partial charge in [0.15, 0.2) is 0 Å². The minimum atomic E-state index is -0.734. The van der Waals surface area contributed by atoms with Gasteiger partial charge >= 0.3 is 0 Å². The Kier molecular flexibility index (Phi) is 19.7. The minimum Gasteiger partial charge on any atom is -0.508 e.